The van der Waals surface area contributed by atoms with E-state index in [4.69, 9.17) is 11.6 Å². The molecule has 0 radical (unpaired) electrons. The van der Waals surface area contributed by atoms with Crippen molar-refractivity contribution in [3.05, 3.63) is 58.9 Å². The number of benzene rings is 2. The minimum absolute atomic E-state index is 0.0709. The maximum Gasteiger partial charge on any atom is 0.254 e. The molecule has 2 aromatic rings. The Bertz CT molecular complexity index is 987. The second kappa shape index (κ2) is 8.71. The molecule has 1 N–H and O–H groups in total. The van der Waals surface area contributed by atoms with E-state index >= 15 is 0 Å². The predicted octanol–water partition coefficient (Wildman–Crippen LogP) is 5.26. The van der Waals surface area contributed by atoms with Gasteiger partial charge in [0.1, 0.15) is 11.4 Å². The molecule has 2 atom stereocenters. The quantitative estimate of drug-likeness (QED) is 0.619. The fourth-order valence-electron chi connectivity index (χ4n) is 4.47. The van der Waals surface area contributed by atoms with Crippen molar-refractivity contribution in [2.45, 2.75) is 57.1 Å². The molecule has 0 bridgehead atoms. The minimum Gasteiger partial charge on any atom is -0.380 e. The number of likely N-dealkylation sites (tertiary alicyclic amines) is 1. The lowest BCUT2D eigenvalue weighted by Crippen LogP contribution is -2.49. The zero-order chi connectivity index (χ0) is 22.2. The second-order valence-corrected chi connectivity index (χ2v) is 9.37. The van der Waals surface area contributed by atoms with E-state index in [9.17, 15) is 19.1 Å². The molecule has 6 heteroatoms. The van der Waals surface area contributed by atoms with Gasteiger partial charge in [-0.05, 0) is 68.7 Å². The molecular formula is C25H27ClFNO3. The SMILES string of the molecule is C[C@@H]1CC(CCC(=O)c2ccc(-c3ccc(Cl)cc3F)cc2)CCN1C(=O)C1(O)CC1. The van der Waals surface area contributed by atoms with Gasteiger partial charge in [0.2, 0.25) is 0 Å². The third-order valence-corrected chi connectivity index (χ3v) is 6.83. The number of rotatable bonds is 6. The van der Waals surface area contributed by atoms with Gasteiger partial charge in [-0.25, -0.2) is 4.39 Å². The minimum atomic E-state index is -1.11. The Morgan fingerprint density at radius 2 is 1.90 bits per heavy atom. The fraction of sp³-hybridized carbons (Fsp3) is 0.440. The molecule has 0 spiro atoms. The number of piperidine rings is 1. The smallest absolute Gasteiger partial charge is 0.254 e. The summed E-state index contributed by atoms with van der Waals surface area (Å²) in [7, 11) is 0. The first kappa shape index (κ1) is 22.0. The van der Waals surface area contributed by atoms with Crippen LogP contribution in [0.25, 0.3) is 11.1 Å². The van der Waals surface area contributed by atoms with Gasteiger partial charge in [0.05, 0.1) is 0 Å². The fourth-order valence-corrected chi connectivity index (χ4v) is 4.63. The maximum absolute atomic E-state index is 14.1. The van der Waals surface area contributed by atoms with Crippen molar-refractivity contribution in [2.75, 3.05) is 6.54 Å². The lowest BCUT2D eigenvalue weighted by Gasteiger charge is -2.39. The van der Waals surface area contributed by atoms with E-state index in [1.807, 2.05) is 6.92 Å². The zero-order valence-corrected chi connectivity index (χ0v) is 18.4. The summed E-state index contributed by atoms with van der Waals surface area (Å²) in [4.78, 5) is 26.9. The van der Waals surface area contributed by atoms with Gasteiger partial charge < -0.3 is 10.0 Å². The summed E-state index contributed by atoms with van der Waals surface area (Å²) in [6, 6.07) is 11.6. The molecule has 1 amide bonds. The van der Waals surface area contributed by atoms with Crippen LogP contribution in [-0.4, -0.2) is 39.9 Å². The average molecular weight is 444 g/mol. The monoisotopic (exact) mass is 443 g/mol. The zero-order valence-electron chi connectivity index (χ0n) is 17.6. The standard InChI is InChI=1S/C25H27ClFNO3/c1-16-14-17(10-13-28(16)24(30)25(31)11-12-25)2-9-23(29)19-5-3-18(4-6-19)21-8-7-20(26)15-22(21)27/h3-8,15-17,31H,2,9-14H2,1H3/t16-,17?/m1/s1. The van der Waals surface area contributed by atoms with Crippen LogP contribution in [0.3, 0.4) is 0 Å². The van der Waals surface area contributed by atoms with Crippen LogP contribution in [0, 0.1) is 11.7 Å². The maximum atomic E-state index is 14.1. The third kappa shape index (κ3) is 4.83. The van der Waals surface area contributed by atoms with Crippen LogP contribution in [0.2, 0.25) is 5.02 Å². The molecule has 0 aromatic heterocycles. The number of halogens is 2. The molecule has 1 saturated heterocycles. The molecule has 2 aromatic carbocycles. The average Bonchev–Trinajstić information content (AvgIpc) is 3.50. The Balaban J connectivity index is 1.30. The topological polar surface area (TPSA) is 57.6 Å². The van der Waals surface area contributed by atoms with Gasteiger partial charge in [-0.15, -0.1) is 0 Å². The van der Waals surface area contributed by atoms with Crippen LogP contribution in [0.5, 0.6) is 0 Å². The molecule has 1 saturated carbocycles. The molecule has 4 rings (SSSR count). The van der Waals surface area contributed by atoms with E-state index in [1.54, 1.807) is 41.3 Å². The van der Waals surface area contributed by atoms with Crippen molar-refractivity contribution in [3.8, 4) is 11.1 Å². The number of nitrogens with zero attached hydrogens (tertiary/aromatic N) is 1. The molecule has 164 valence electrons. The summed E-state index contributed by atoms with van der Waals surface area (Å²) in [6.45, 7) is 2.66. The van der Waals surface area contributed by atoms with Crippen molar-refractivity contribution in [1.82, 2.24) is 4.90 Å². The Kier molecular flexibility index (Phi) is 6.18. The summed E-state index contributed by atoms with van der Waals surface area (Å²) in [5.74, 6) is -0.0630. The van der Waals surface area contributed by atoms with E-state index in [-0.39, 0.29) is 23.5 Å². The number of amides is 1. The number of hydrogen-bond acceptors (Lipinski definition) is 3. The highest BCUT2D eigenvalue weighted by molar-refractivity contribution is 6.30. The van der Waals surface area contributed by atoms with Gasteiger partial charge in [0.15, 0.2) is 5.78 Å². The Morgan fingerprint density at radius 1 is 1.19 bits per heavy atom. The number of ketones is 1. The molecule has 1 unspecified atom stereocenters. The summed E-state index contributed by atoms with van der Waals surface area (Å²) in [5, 5.41) is 10.4. The lowest BCUT2D eigenvalue weighted by molar-refractivity contribution is -0.146. The van der Waals surface area contributed by atoms with Crippen LogP contribution < -0.4 is 0 Å². The lowest BCUT2D eigenvalue weighted by atomic mass is 9.86. The second-order valence-electron chi connectivity index (χ2n) is 8.93. The van der Waals surface area contributed by atoms with Crippen molar-refractivity contribution < 1.29 is 19.1 Å². The molecule has 31 heavy (non-hydrogen) atoms. The first-order chi connectivity index (χ1) is 14.8. The highest BCUT2D eigenvalue weighted by atomic mass is 35.5. The van der Waals surface area contributed by atoms with Crippen LogP contribution in [-0.2, 0) is 4.79 Å². The number of aliphatic hydroxyl groups is 1. The van der Waals surface area contributed by atoms with Crippen molar-refractivity contribution in [1.29, 1.82) is 0 Å². The summed E-state index contributed by atoms with van der Waals surface area (Å²) in [6.07, 6.45) is 4.07. The Hall–Kier alpha value is -2.24. The first-order valence-corrected chi connectivity index (χ1v) is 11.3. The van der Waals surface area contributed by atoms with Gasteiger partial charge in [-0.1, -0.05) is 35.9 Å². The first-order valence-electron chi connectivity index (χ1n) is 10.9. The van der Waals surface area contributed by atoms with Crippen molar-refractivity contribution >= 4 is 23.3 Å². The van der Waals surface area contributed by atoms with Gasteiger partial charge in [-0.3, -0.25) is 9.59 Å². The van der Waals surface area contributed by atoms with Crippen LogP contribution in [0.1, 0.15) is 55.8 Å². The molecule has 1 aliphatic heterocycles. The molecule has 1 aliphatic carbocycles. The van der Waals surface area contributed by atoms with Crippen LogP contribution in [0.4, 0.5) is 4.39 Å². The van der Waals surface area contributed by atoms with Crippen molar-refractivity contribution in [3.63, 3.8) is 0 Å². The normalized spacial score (nSPS) is 22.3. The van der Waals surface area contributed by atoms with Crippen LogP contribution >= 0.6 is 11.6 Å². The van der Waals surface area contributed by atoms with E-state index < -0.39 is 5.60 Å². The summed E-state index contributed by atoms with van der Waals surface area (Å²) < 4.78 is 14.1. The van der Waals surface area contributed by atoms with Gasteiger partial charge in [0, 0.05) is 35.2 Å². The number of Topliss-reactive ketones (excluding diaryl/α,β-unsaturated/α-hetero) is 1. The summed E-state index contributed by atoms with van der Waals surface area (Å²) >= 11 is 5.81. The molecule has 2 fully saturated rings. The molecule has 4 nitrogen and oxygen atoms in total. The highest BCUT2D eigenvalue weighted by Crippen LogP contribution is 2.39. The van der Waals surface area contributed by atoms with Crippen molar-refractivity contribution in [2.24, 2.45) is 5.92 Å². The largest absolute Gasteiger partial charge is 0.380 e. The van der Waals surface area contributed by atoms with E-state index in [2.05, 4.69) is 0 Å². The molecular weight excluding hydrogens is 417 g/mol. The Morgan fingerprint density at radius 3 is 2.52 bits per heavy atom. The summed E-state index contributed by atoms with van der Waals surface area (Å²) in [5.41, 5.74) is 0.663. The Labute approximate surface area is 187 Å². The number of carbonyl (C=O) groups is 2. The molecule has 1 heterocycles. The van der Waals surface area contributed by atoms with Gasteiger partial charge in [-0.2, -0.15) is 0 Å². The van der Waals surface area contributed by atoms with E-state index in [1.165, 1.54) is 6.07 Å². The number of carbonyl (C=O) groups excluding carboxylic acids is 2. The van der Waals surface area contributed by atoms with Crippen LogP contribution in [0.15, 0.2) is 42.5 Å². The third-order valence-electron chi connectivity index (χ3n) is 6.60. The number of hydrogen-bond donors (Lipinski definition) is 1. The van der Waals surface area contributed by atoms with E-state index in [0.717, 1.165) is 19.3 Å². The predicted molar refractivity (Wildman–Crippen MR) is 118 cm³/mol. The van der Waals surface area contributed by atoms with E-state index in [0.29, 0.717) is 53.4 Å². The van der Waals surface area contributed by atoms with Gasteiger partial charge >= 0.3 is 0 Å². The van der Waals surface area contributed by atoms with Gasteiger partial charge in [0.25, 0.3) is 5.91 Å². The highest BCUT2D eigenvalue weighted by Gasteiger charge is 2.51. The molecule has 2 aliphatic rings.